The molecule has 1 unspecified atom stereocenters. The summed E-state index contributed by atoms with van der Waals surface area (Å²) in [4.78, 5) is 37.6. The van der Waals surface area contributed by atoms with E-state index in [0.29, 0.717) is 19.3 Å². The molecule has 6 nitrogen and oxygen atoms in total. The van der Waals surface area contributed by atoms with Gasteiger partial charge in [-0.1, -0.05) is 199 Å². The van der Waals surface area contributed by atoms with E-state index in [-0.39, 0.29) is 31.1 Å². The van der Waals surface area contributed by atoms with Crippen LogP contribution in [0.15, 0.2) is 24.3 Å². The van der Waals surface area contributed by atoms with Crippen LogP contribution in [0.4, 0.5) is 0 Å². The molecule has 6 heteroatoms. The first kappa shape index (κ1) is 53.9. The number of allylic oxidation sites excluding steroid dienone is 4. The topological polar surface area (TPSA) is 78.9 Å². The van der Waals surface area contributed by atoms with Crippen molar-refractivity contribution in [3.05, 3.63) is 24.3 Å². The average molecular weight is 789 g/mol. The van der Waals surface area contributed by atoms with Crippen molar-refractivity contribution in [3.63, 3.8) is 0 Å². The highest BCUT2D eigenvalue weighted by Crippen LogP contribution is 2.15. The first-order valence-corrected chi connectivity index (χ1v) is 24.3. The Morgan fingerprint density at radius 1 is 0.339 bits per heavy atom. The van der Waals surface area contributed by atoms with E-state index in [9.17, 15) is 14.4 Å². The smallest absolute Gasteiger partial charge is 0.306 e. The molecular weight excluding hydrogens is 697 g/mol. The Balaban J connectivity index is 4.15. The second kappa shape index (κ2) is 45.6. The zero-order chi connectivity index (χ0) is 40.8. The zero-order valence-corrected chi connectivity index (χ0v) is 37.4. The molecule has 0 radical (unpaired) electrons. The van der Waals surface area contributed by atoms with E-state index in [1.54, 1.807) is 0 Å². The molecule has 0 saturated carbocycles. The lowest BCUT2D eigenvalue weighted by atomic mass is 10.1. The summed E-state index contributed by atoms with van der Waals surface area (Å²) >= 11 is 0. The summed E-state index contributed by atoms with van der Waals surface area (Å²) in [5.41, 5.74) is 0. The Hall–Kier alpha value is -2.11. The number of hydrogen-bond donors (Lipinski definition) is 0. The van der Waals surface area contributed by atoms with Gasteiger partial charge in [0.1, 0.15) is 13.2 Å². The van der Waals surface area contributed by atoms with Crippen molar-refractivity contribution in [1.29, 1.82) is 0 Å². The van der Waals surface area contributed by atoms with Gasteiger partial charge in [0.15, 0.2) is 6.10 Å². The second-order valence-corrected chi connectivity index (χ2v) is 16.4. The van der Waals surface area contributed by atoms with Crippen LogP contribution in [0.2, 0.25) is 0 Å². The summed E-state index contributed by atoms with van der Waals surface area (Å²) in [6.45, 7) is 6.53. The molecule has 0 aliphatic heterocycles. The molecule has 1 atom stereocenters. The third-order valence-electron chi connectivity index (χ3n) is 10.7. The normalized spacial score (nSPS) is 12.1. The van der Waals surface area contributed by atoms with E-state index in [1.165, 1.54) is 141 Å². The Bertz CT molecular complexity index is 911. The standard InChI is InChI=1S/C50H92O6/c1-4-7-10-13-16-18-20-21-22-23-24-25-26-27-28-29-30-32-34-37-40-43-49(52)55-46-47(45-54-48(51)42-39-36-33-15-12-9-6-3)56-50(53)44-41-38-35-31-19-17-14-11-8-5-2/h11,14,23-24,47H,4-10,12-13,15-22,25-46H2,1-3H3/b14-11-,24-23-. The number of carbonyl (C=O) groups is 3. The van der Waals surface area contributed by atoms with Crippen molar-refractivity contribution in [2.24, 2.45) is 0 Å². The van der Waals surface area contributed by atoms with Crippen LogP contribution in [0.1, 0.15) is 258 Å². The van der Waals surface area contributed by atoms with E-state index < -0.39 is 6.10 Å². The predicted octanol–water partition coefficient (Wildman–Crippen LogP) is 15.6. The molecule has 0 aromatic rings. The molecule has 0 spiro atoms. The fourth-order valence-electron chi connectivity index (χ4n) is 6.97. The number of carbonyl (C=O) groups excluding carboxylic acids is 3. The van der Waals surface area contributed by atoms with Gasteiger partial charge in [-0.15, -0.1) is 0 Å². The van der Waals surface area contributed by atoms with Gasteiger partial charge in [0.05, 0.1) is 0 Å². The molecule has 0 bridgehead atoms. The van der Waals surface area contributed by atoms with Crippen molar-refractivity contribution in [1.82, 2.24) is 0 Å². The molecule has 0 aromatic heterocycles. The van der Waals surface area contributed by atoms with E-state index in [4.69, 9.17) is 14.2 Å². The van der Waals surface area contributed by atoms with Crippen LogP contribution in [0.25, 0.3) is 0 Å². The van der Waals surface area contributed by atoms with Crippen LogP contribution in [-0.4, -0.2) is 37.2 Å². The minimum Gasteiger partial charge on any atom is -0.462 e. The minimum absolute atomic E-state index is 0.0735. The molecule has 328 valence electrons. The summed E-state index contributed by atoms with van der Waals surface area (Å²) in [6.07, 6.45) is 50.4. The predicted molar refractivity (Wildman–Crippen MR) is 238 cm³/mol. The molecule has 0 aliphatic carbocycles. The van der Waals surface area contributed by atoms with Gasteiger partial charge >= 0.3 is 17.9 Å². The van der Waals surface area contributed by atoms with Gasteiger partial charge in [0, 0.05) is 19.3 Å². The fraction of sp³-hybridized carbons (Fsp3) is 0.860. The Morgan fingerprint density at radius 3 is 0.964 bits per heavy atom. The number of unbranched alkanes of at least 4 members (excludes halogenated alkanes) is 29. The van der Waals surface area contributed by atoms with Gasteiger partial charge < -0.3 is 14.2 Å². The van der Waals surface area contributed by atoms with E-state index in [0.717, 1.165) is 77.0 Å². The first-order chi connectivity index (χ1) is 27.5. The van der Waals surface area contributed by atoms with Gasteiger partial charge in [0.2, 0.25) is 0 Å². The average Bonchev–Trinajstić information content (AvgIpc) is 3.19. The van der Waals surface area contributed by atoms with Gasteiger partial charge in [0.25, 0.3) is 0 Å². The maximum absolute atomic E-state index is 12.7. The molecule has 0 fully saturated rings. The molecule has 56 heavy (non-hydrogen) atoms. The highest BCUT2D eigenvalue weighted by molar-refractivity contribution is 5.71. The molecule has 0 amide bonds. The maximum Gasteiger partial charge on any atom is 0.306 e. The van der Waals surface area contributed by atoms with Crippen LogP contribution in [0, 0.1) is 0 Å². The number of esters is 3. The Labute approximate surface area is 347 Å². The third-order valence-corrected chi connectivity index (χ3v) is 10.7. The van der Waals surface area contributed by atoms with Gasteiger partial charge in [-0.25, -0.2) is 0 Å². The van der Waals surface area contributed by atoms with Crippen LogP contribution in [0.5, 0.6) is 0 Å². The van der Waals surface area contributed by atoms with Crippen LogP contribution < -0.4 is 0 Å². The van der Waals surface area contributed by atoms with Crippen LogP contribution >= 0.6 is 0 Å². The second-order valence-electron chi connectivity index (χ2n) is 16.4. The molecule has 0 aliphatic rings. The fourth-order valence-corrected chi connectivity index (χ4v) is 6.97. The largest absolute Gasteiger partial charge is 0.462 e. The number of rotatable bonds is 44. The summed E-state index contributed by atoms with van der Waals surface area (Å²) in [7, 11) is 0. The van der Waals surface area contributed by atoms with Crippen molar-refractivity contribution in [2.75, 3.05) is 13.2 Å². The zero-order valence-electron chi connectivity index (χ0n) is 37.4. The summed E-state index contributed by atoms with van der Waals surface area (Å²) in [5.74, 6) is -0.887. The van der Waals surface area contributed by atoms with Crippen molar-refractivity contribution in [3.8, 4) is 0 Å². The maximum atomic E-state index is 12.7. The quantitative estimate of drug-likeness (QED) is 0.0265. The minimum atomic E-state index is -0.768. The molecule has 0 N–H and O–H groups in total. The number of hydrogen-bond acceptors (Lipinski definition) is 6. The van der Waals surface area contributed by atoms with Crippen molar-refractivity contribution >= 4 is 17.9 Å². The van der Waals surface area contributed by atoms with Gasteiger partial charge in [-0.2, -0.15) is 0 Å². The summed E-state index contributed by atoms with van der Waals surface area (Å²) in [5, 5.41) is 0. The molecule has 0 rings (SSSR count). The lowest BCUT2D eigenvalue weighted by Gasteiger charge is -2.18. The lowest BCUT2D eigenvalue weighted by molar-refractivity contribution is -0.167. The monoisotopic (exact) mass is 789 g/mol. The summed E-state index contributed by atoms with van der Waals surface area (Å²) in [6, 6.07) is 0. The lowest BCUT2D eigenvalue weighted by Crippen LogP contribution is -2.30. The van der Waals surface area contributed by atoms with Crippen LogP contribution in [0.3, 0.4) is 0 Å². The Kier molecular flexibility index (Phi) is 43.9. The highest BCUT2D eigenvalue weighted by Gasteiger charge is 2.19. The van der Waals surface area contributed by atoms with Crippen molar-refractivity contribution < 1.29 is 28.6 Å². The highest BCUT2D eigenvalue weighted by atomic mass is 16.6. The van der Waals surface area contributed by atoms with E-state index in [2.05, 4.69) is 45.1 Å². The van der Waals surface area contributed by atoms with Crippen LogP contribution in [-0.2, 0) is 28.6 Å². The first-order valence-electron chi connectivity index (χ1n) is 24.3. The van der Waals surface area contributed by atoms with Gasteiger partial charge in [-0.05, 0) is 64.2 Å². The van der Waals surface area contributed by atoms with E-state index in [1.807, 2.05) is 0 Å². The van der Waals surface area contributed by atoms with Crippen molar-refractivity contribution in [2.45, 2.75) is 264 Å². The molecule has 0 aromatic carbocycles. The Morgan fingerprint density at radius 2 is 0.625 bits per heavy atom. The molecular formula is C50H92O6. The third kappa shape index (κ3) is 43.0. The SMILES string of the molecule is CCC/C=C\CCCCCCCC(=O)OC(COC(=O)CCCCCCCCC)COC(=O)CCCCCCCCCCC/C=C\CCCCCCCCCC. The van der Waals surface area contributed by atoms with Gasteiger partial charge in [-0.3, -0.25) is 14.4 Å². The molecule has 0 heterocycles. The molecule has 0 saturated heterocycles. The van der Waals surface area contributed by atoms with E-state index >= 15 is 0 Å². The number of ether oxygens (including phenoxy) is 3. The summed E-state index contributed by atoms with van der Waals surface area (Å²) < 4.78 is 16.7.